The Morgan fingerprint density at radius 1 is 1.15 bits per heavy atom. The number of aryl methyl sites for hydroxylation is 2. The first kappa shape index (κ1) is 16.3. The lowest BCUT2D eigenvalue weighted by molar-refractivity contribution is 0.237. The molecule has 0 atom stereocenters. The number of hydrogen-bond acceptors (Lipinski definition) is 4. The molecule has 2 amide bonds. The quantitative estimate of drug-likeness (QED) is 0.723. The third-order valence-electron chi connectivity index (χ3n) is 2.63. The predicted octanol–water partition coefficient (Wildman–Crippen LogP) is 1.67. The van der Waals surface area contributed by atoms with Crippen molar-refractivity contribution < 1.29 is 13.2 Å². The van der Waals surface area contributed by atoms with Crippen LogP contribution in [-0.2, 0) is 10.0 Å². The Hall–Kier alpha value is -1.76. The van der Waals surface area contributed by atoms with Crippen molar-refractivity contribution in [3.05, 3.63) is 23.3 Å². The average Bonchev–Trinajstić information content (AvgIpc) is 2.19. The molecular formula is C13H21N3O3S. The number of carbonyl (C=O) groups excluding carboxylic acids is 1. The minimum atomic E-state index is -3.99. The molecule has 1 rings (SSSR count). The van der Waals surface area contributed by atoms with Gasteiger partial charge in [-0.2, -0.15) is 0 Å². The van der Waals surface area contributed by atoms with Gasteiger partial charge in [-0.3, -0.25) is 0 Å². The van der Waals surface area contributed by atoms with Gasteiger partial charge in [0.15, 0.2) is 0 Å². The predicted molar refractivity (Wildman–Crippen MR) is 78.9 cm³/mol. The number of nitrogens with two attached hydrogens (primary N) is 1. The van der Waals surface area contributed by atoms with Crippen LogP contribution in [0.5, 0.6) is 0 Å². The summed E-state index contributed by atoms with van der Waals surface area (Å²) in [5.41, 5.74) is 6.99. The Kier molecular flexibility index (Phi) is 4.33. The maximum Gasteiger partial charge on any atom is 0.329 e. The summed E-state index contributed by atoms with van der Waals surface area (Å²) in [6.07, 6.45) is 0. The van der Waals surface area contributed by atoms with E-state index in [1.807, 2.05) is 11.6 Å². The van der Waals surface area contributed by atoms with Gasteiger partial charge in [0.1, 0.15) is 4.90 Å². The number of rotatable bonds is 2. The molecule has 0 aliphatic carbocycles. The van der Waals surface area contributed by atoms with Crippen LogP contribution in [0.3, 0.4) is 0 Å². The van der Waals surface area contributed by atoms with E-state index in [-0.39, 0.29) is 10.6 Å². The lowest BCUT2D eigenvalue weighted by atomic mass is 10.1. The van der Waals surface area contributed by atoms with Gasteiger partial charge < -0.3 is 11.1 Å². The summed E-state index contributed by atoms with van der Waals surface area (Å²) in [5, 5.41) is 2.52. The maximum atomic E-state index is 12.2. The summed E-state index contributed by atoms with van der Waals surface area (Å²) in [7, 11) is -3.99. The molecule has 0 spiro atoms. The molecule has 1 aromatic carbocycles. The Morgan fingerprint density at radius 2 is 1.65 bits per heavy atom. The molecule has 0 fully saturated rings. The van der Waals surface area contributed by atoms with Crippen LogP contribution < -0.4 is 15.8 Å². The molecule has 6 nitrogen and oxygen atoms in total. The van der Waals surface area contributed by atoms with E-state index < -0.39 is 21.6 Å². The van der Waals surface area contributed by atoms with Crippen molar-refractivity contribution in [1.29, 1.82) is 0 Å². The highest BCUT2D eigenvalue weighted by Crippen LogP contribution is 2.22. The average molecular weight is 299 g/mol. The van der Waals surface area contributed by atoms with Gasteiger partial charge in [-0.1, -0.05) is 0 Å². The van der Waals surface area contributed by atoms with Crippen LogP contribution in [0.1, 0.15) is 31.9 Å². The zero-order valence-corrected chi connectivity index (χ0v) is 13.2. The summed E-state index contributed by atoms with van der Waals surface area (Å²) in [5.74, 6) is 0. The van der Waals surface area contributed by atoms with Crippen molar-refractivity contribution in [2.24, 2.45) is 0 Å². The van der Waals surface area contributed by atoms with E-state index in [0.717, 1.165) is 11.1 Å². The number of carbonyl (C=O) groups is 1. The van der Waals surface area contributed by atoms with Crippen molar-refractivity contribution in [1.82, 2.24) is 10.0 Å². The molecule has 0 aliphatic rings. The summed E-state index contributed by atoms with van der Waals surface area (Å²) in [6.45, 7) is 8.88. The molecule has 0 unspecified atom stereocenters. The number of urea groups is 1. The fourth-order valence-corrected chi connectivity index (χ4v) is 2.69. The van der Waals surface area contributed by atoms with Gasteiger partial charge in [-0.25, -0.2) is 17.9 Å². The Bertz CT molecular complexity index is 631. The third-order valence-corrected chi connectivity index (χ3v) is 4.02. The largest absolute Gasteiger partial charge is 0.398 e. The smallest absolute Gasteiger partial charge is 0.329 e. The van der Waals surface area contributed by atoms with Crippen LogP contribution >= 0.6 is 0 Å². The number of sulfonamides is 1. The zero-order valence-electron chi connectivity index (χ0n) is 12.4. The second kappa shape index (κ2) is 5.32. The fourth-order valence-electron chi connectivity index (χ4n) is 1.59. The van der Waals surface area contributed by atoms with Gasteiger partial charge in [0, 0.05) is 5.54 Å². The van der Waals surface area contributed by atoms with Crippen LogP contribution in [0.2, 0.25) is 0 Å². The zero-order chi connectivity index (χ0) is 15.7. The maximum absolute atomic E-state index is 12.2. The van der Waals surface area contributed by atoms with Crippen molar-refractivity contribution in [3.8, 4) is 0 Å². The molecule has 1 aromatic rings. The van der Waals surface area contributed by atoms with Crippen LogP contribution in [-0.4, -0.2) is 20.0 Å². The fraction of sp³-hybridized carbons (Fsp3) is 0.462. The number of nitrogens with one attached hydrogen (secondary N) is 2. The summed E-state index contributed by atoms with van der Waals surface area (Å²) < 4.78 is 26.3. The highest BCUT2D eigenvalue weighted by Gasteiger charge is 2.23. The van der Waals surface area contributed by atoms with E-state index in [1.165, 1.54) is 6.07 Å². The van der Waals surface area contributed by atoms with E-state index in [9.17, 15) is 13.2 Å². The molecule has 0 saturated carbocycles. The number of amides is 2. The molecule has 0 radical (unpaired) electrons. The molecule has 0 heterocycles. The molecule has 112 valence electrons. The molecule has 0 bridgehead atoms. The molecular weight excluding hydrogens is 278 g/mol. The monoisotopic (exact) mass is 299 g/mol. The van der Waals surface area contributed by atoms with Gasteiger partial charge in [0.2, 0.25) is 0 Å². The summed E-state index contributed by atoms with van der Waals surface area (Å²) in [4.78, 5) is 11.6. The Labute approximate surface area is 119 Å². The first-order valence-corrected chi connectivity index (χ1v) is 7.62. The van der Waals surface area contributed by atoms with Crippen LogP contribution in [0, 0.1) is 13.8 Å². The standard InChI is InChI=1S/C13H21N3O3S/c1-8-6-10(14)11(7-9(8)2)20(18,19)16-12(17)15-13(3,4)5/h6-7H,14H2,1-5H3,(H2,15,16,17). The molecule has 0 saturated heterocycles. The van der Waals surface area contributed by atoms with E-state index in [0.29, 0.717) is 0 Å². The number of hydrogen-bond donors (Lipinski definition) is 3. The van der Waals surface area contributed by atoms with Crippen LogP contribution in [0.4, 0.5) is 10.5 Å². The molecule has 20 heavy (non-hydrogen) atoms. The van der Waals surface area contributed by atoms with Gasteiger partial charge in [0.05, 0.1) is 5.69 Å². The third kappa shape index (κ3) is 4.12. The van der Waals surface area contributed by atoms with E-state index in [4.69, 9.17) is 5.73 Å². The normalized spacial score (nSPS) is 12.1. The summed E-state index contributed by atoms with van der Waals surface area (Å²) >= 11 is 0. The second-order valence-electron chi connectivity index (χ2n) is 5.78. The van der Waals surface area contributed by atoms with Crippen molar-refractivity contribution in [2.75, 3.05) is 5.73 Å². The first-order chi connectivity index (χ1) is 8.92. The van der Waals surface area contributed by atoms with Gasteiger partial charge >= 0.3 is 6.03 Å². The minimum Gasteiger partial charge on any atom is -0.398 e. The molecule has 0 aromatic heterocycles. The topological polar surface area (TPSA) is 101 Å². The molecule has 0 aliphatic heterocycles. The van der Waals surface area contributed by atoms with E-state index in [2.05, 4.69) is 5.32 Å². The highest BCUT2D eigenvalue weighted by atomic mass is 32.2. The van der Waals surface area contributed by atoms with Gasteiger partial charge in [-0.15, -0.1) is 0 Å². The number of anilines is 1. The lowest BCUT2D eigenvalue weighted by Gasteiger charge is -2.21. The van der Waals surface area contributed by atoms with Crippen LogP contribution in [0.25, 0.3) is 0 Å². The van der Waals surface area contributed by atoms with E-state index in [1.54, 1.807) is 33.8 Å². The van der Waals surface area contributed by atoms with Gasteiger partial charge in [0.25, 0.3) is 10.0 Å². The number of nitrogen functional groups attached to an aromatic ring is 1. The molecule has 4 N–H and O–H groups in total. The van der Waals surface area contributed by atoms with Crippen molar-refractivity contribution >= 4 is 21.7 Å². The van der Waals surface area contributed by atoms with Gasteiger partial charge in [-0.05, 0) is 57.9 Å². The minimum absolute atomic E-state index is 0.0929. The highest BCUT2D eigenvalue weighted by molar-refractivity contribution is 7.90. The van der Waals surface area contributed by atoms with E-state index >= 15 is 0 Å². The second-order valence-corrected chi connectivity index (χ2v) is 7.43. The SMILES string of the molecule is Cc1cc(N)c(S(=O)(=O)NC(=O)NC(C)(C)C)cc1C. The first-order valence-electron chi connectivity index (χ1n) is 6.14. The van der Waals surface area contributed by atoms with Crippen LogP contribution in [0.15, 0.2) is 17.0 Å². The Morgan fingerprint density at radius 3 is 2.15 bits per heavy atom. The Balaban J connectivity index is 3.07. The lowest BCUT2D eigenvalue weighted by Crippen LogP contribution is -2.48. The molecule has 7 heteroatoms. The van der Waals surface area contributed by atoms with Crippen molar-refractivity contribution in [3.63, 3.8) is 0 Å². The summed E-state index contributed by atoms with van der Waals surface area (Å²) in [6, 6.07) is 2.25. The number of benzene rings is 1. The van der Waals surface area contributed by atoms with Crippen molar-refractivity contribution in [2.45, 2.75) is 45.1 Å².